The Labute approximate surface area is 102 Å². The number of hydrogen-bond donors (Lipinski definition) is 4. The number of hydrogen-bond acceptors (Lipinski definition) is 5. The molecule has 5 nitrogen and oxygen atoms in total. The molecule has 6 heteroatoms. The minimum Gasteiger partial charge on any atom is -0.314 e. The summed E-state index contributed by atoms with van der Waals surface area (Å²) in [7, 11) is 0. The van der Waals surface area contributed by atoms with Gasteiger partial charge in [-0.3, -0.25) is 5.32 Å². The van der Waals surface area contributed by atoms with E-state index in [0.29, 0.717) is 6.17 Å². The molecule has 0 amide bonds. The maximum atomic E-state index is 5.31. The van der Waals surface area contributed by atoms with E-state index in [1.807, 2.05) is 0 Å². The lowest BCUT2D eigenvalue weighted by Gasteiger charge is -2.29. The molecule has 92 valence electrons. The zero-order chi connectivity index (χ0) is 11.2. The Morgan fingerprint density at radius 1 is 1.31 bits per heavy atom. The Hall–Kier alpha value is -0.270. The van der Waals surface area contributed by atoms with Gasteiger partial charge >= 0.3 is 0 Å². The Bertz CT molecular complexity index is 223. The lowest BCUT2D eigenvalue weighted by Crippen LogP contribution is -2.54. The molecule has 1 atom stereocenters. The summed E-state index contributed by atoms with van der Waals surface area (Å²) in [5, 5.41) is 12.3. The van der Waals surface area contributed by atoms with Gasteiger partial charge in [0.2, 0.25) is 0 Å². The first kappa shape index (κ1) is 12.2. The van der Waals surface area contributed by atoms with Crippen LogP contribution in [-0.4, -0.2) is 55.4 Å². The number of rotatable bonds is 4. The summed E-state index contributed by atoms with van der Waals surface area (Å²) in [5.74, 6) is 0. The summed E-state index contributed by atoms with van der Waals surface area (Å²) < 4.78 is 0. The second-order valence-corrected chi connectivity index (χ2v) is 4.79. The Morgan fingerprint density at radius 2 is 2.12 bits per heavy atom. The maximum absolute atomic E-state index is 5.31. The van der Waals surface area contributed by atoms with Gasteiger partial charge < -0.3 is 16.1 Å². The fraction of sp³-hybridized carbons (Fsp3) is 0.900. The van der Waals surface area contributed by atoms with Crippen molar-refractivity contribution in [3.05, 3.63) is 0 Å². The summed E-state index contributed by atoms with van der Waals surface area (Å²) in [6.07, 6.45) is 2.91. The van der Waals surface area contributed by atoms with E-state index in [-0.39, 0.29) is 0 Å². The third-order valence-corrected chi connectivity index (χ3v) is 3.20. The van der Waals surface area contributed by atoms with Gasteiger partial charge in [-0.05, 0) is 19.4 Å². The van der Waals surface area contributed by atoms with Crippen LogP contribution in [0.3, 0.4) is 0 Å². The van der Waals surface area contributed by atoms with E-state index < -0.39 is 0 Å². The smallest absolute Gasteiger partial charge is 0.104 e. The van der Waals surface area contributed by atoms with Crippen molar-refractivity contribution in [2.75, 3.05) is 39.3 Å². The molecule has 0 bridgehead atoms. The molecule has 0 radical (unpaired) electrons. The number of piperazine rings is 1. The molecule has 2 fully saturated rings. The summed E-state index contributed by atoms with van der Waals surface area (Å²) in [6, 6.07) is 0. The molecular formula is C10H21N5S. The van der Waals surface area contributed by atoms with Gasteiger partial charge in [0.25, 0.3) is 0 Å². The van der Waals surface area contributed by atoms with E-state index in [4.69, 9.17) is 12.2 Å². The Kier molecular flexibility index (Phi) is 4.92. The fourth-order valence-electron chi connectivity index (χ4n) is 2.07. The van der Waals surface area contributed by atoms with Crippen LogP contribution in [0.5, 0.6) is 0 Å². The highest BCUT2D eigenvalue weighted by atomic mass is 32.1. The van der Waals surface area contributed by atoms with Crippen LogP contribution >= 0.6 is 12.2 Å². The first-order valence-corrected chi connectivity index (χ1v) is 6.47. The van der Waals surface area contributed by atoms with E-state index in [1.54, 1.807) is 0 Å². The van der Waals surface area contributed by atoms with Crippen molar-refractivity contribution >= 4 is 17.2 Å². The summed E-state index contributed by atoms with van der Waals surface area (Å²) in [5.41, 5.74) is 3.28. The highest BCUT2D eigenvalue weighted by Crippen LogP contribution is 2.00. The van der Waals surface area contributed by atoms with Crippen LogP contribution in [0, 0.1) is 0 Å². The standard InChI is InChI=1S/C10H21N5S/c16-10(8-13-9-2-1-3-12-9)14-15-6-4-11-5-7-15/h9,11-13H,1-8H2,(H,14,16). The van der Waals surface area contributed by atoms with Gasteiger partial charge in [0.15, 0.2) is 0 Å². The SMILES string of the molecule is S=C(CNC1CCCN1)NN1CCNCC1. The highest BCUT2D eigenvalue weighted by molar-refractivity contribution is 7.80. The van der Waals surface area contributed by atoms with Gasteiger partial charge in [-0.1, -0.05) is 12.2 Å². The van der Waals surface area contributed by atoms with Crippen molar-refractivity contribution in [1.29, 1.82) is 0 Å². The first-order chi connectivity index (χ1) is 7.84. The van der Waals surface area contributed by atoms with Crippen molar-refractivity contribution in [3.8, 4) is 0 Å². The average molecular weight is 243 g/mol. The molecular weight excluding hydrogens is 222 g/mol. The van der Waals surface area contributed by atoms with E-state index in [1.165, 1.54) is 12.8 Å². The van der Waals surface area contributed by atoms with E-state index in [2.05, 4.69) is 26.4 Å². The van der Waals surface area contributed by atoms with Crippen molar-refractivity contribution in [1.82, 2.24) is 26.4 Å². The maximum Gasteiger partial charge on any atom is 0.104 e. The Balaban J connectivity index is 1.59. The largest absolute Gasteiger partial charge is 0.314 e. The predicted octanol–water partition coefficient (Wildman–Crippen LogP) is -0.977. The molecule has 0 aromatic carbocycles. The molecule has 1 unspecified atom stereocenters. The van der Waals surface area contributed by atoms with Gasteiger partial charge in [-0.25, -0.2) is 5.01 Å². The molecule has 0 aromatic rings. The quantitative estimate of drug-likeness (QED) is 0.477. The molecule has 0 aliphatic carbocycles. The molecule has 2 saturated heterocycles. The second kappa shape index (κ2) is 6.46. The van der Waals surface area contributed by atoms with Crippen LogP contribution < -0.4 is 21.4 Å². The minimum absolute atomic E-state index is 0.447. The van der Waals surface area contributed by atoms with E-state index >= 15 is 0 Å². The molecule has 0 aromatic heterocycles. The van der Waals surface area contributed by atoms with E-state index in [0.717, 1.165) is 44.3 Å². The summed E-state index contributed by atoms with van der Waals surface area (Å²) in [4.78, 5) is 0.885. The Morgan fingerprint density at radius 3 is 2.81 bits per heavy atom. The van der Waals surface area contributed by atoms with Crippen LogP contribution in [-0.2, 0) is 0 Å². The zero-order valence-electron chi connectivity index (χ0n) is 9.59. The number of nitrogens with one attached hydrogen (secondary N) is 4. The van der Waals surface area contributed by atoms with E-state index in [9.17, 15) is 0 Å². The topological polar surface area (TPSA) is 51.4 Å². The summed E-state index contributed by atoms with van der Waals surface area (Å²) >= 11 is 5.31. The van der Waals surface area contributed by atoms with Crippen LogP contribution in [0.15, 0.2) is 0 Å². The molecule has 0 spiro atoms. The van der Waals surface area contributed by atoms with Gasteiger partial charge in [-0.2, -0.15) is 0 Å². The average Bonchev–Trinajstić information content (AvgIpc) is 2.81. The van der Waals surface area contributed by atoms with Crippen LogP contribution in [0.1, 0.15) is 12.8 Å². The zero-order valence-corrected chi connectivity index (χ0v) is 10.4. The number of hydrazine groups is 1. The first-order valence-electron chi connectivity index (χ1n) is 6.06. The third-order valence-electron chi connectivity index (χ3n) is 2.97. The second-order valence-electron chi connectivity index (χ2n) is 4.30. The lowest BCUT2D eigenvalue weighted by atomic mass is 10.3. The van der Waals surface area contributed by atoms with Gasteiger partial charge in [0.05, 0.1) is 6.17 Å². The van der Waals surface area contributed by atoms with Crippen molar-refractivity contribution in [2.45, 2.75) is 19.0 Å². The lowest BCUT2D eigenvalue weighted by molar-refractivity contribution is 0.206. The van der Waals surface area contributed by atoms with Gasteiger partial charge in [0.1, 0.15) is 4.99 Å². The highest BCUT2D eigenvalue weighted by Gasteiger charge is 2.14. The molecule has 0 saturated carbocycles. The van der Waals surface area contributed by atoms with Crippen molar-refractivity contribution in [2.24, 2.45) is 0 Å². The molecule has 2 rings (SSSR count). The van der Waals surface area contributed by atoms with Crippen LogP contribution in [0.2, 0.25) is 0 Å². The molecule has 2 aliphatic heterocycles. The van der Waals surface area contributed by atoms with Crippen LogP contribution in [0.4, 0.5) is 0 Å². The number of nitrogens with zero attached hydrogens (tertiary/aromatic N) is 1. The minimum atomic E-state index is 0.447. The fourth-order valence-corrected chi connectivity index (χ4v) is 2.28. The van der Waals surface area contributed by atoms with Crippen molar-refractivity contribution in [3.63, 3.8) is 0 Å². The third kappa shape index (κ3) is 3.95. The monoisotopic (exact) mass is 243 g/mol. The van der Waals surface area contributed by atoms with Crippen molar-refractivity contribution < 1.29 is 0 Å². The van der Waals surface area contributed by atoms with Gasteiger partial charge in [0, 0.05) is 32.7 Å². The van der Waals surface area contributed by atoms with Gasteiger partial charge in [-0.15, -0.1) is 0 Å². The van der Waals surface area contributed by atoms with Crippen LogP contribution in [0.25, 0.3) is 0 Å². The predicted molar refractivity (Wildman–Crippen MR) is 69.2 cm³/mol. The number of thiocarbonyl (C=S) groups is 1. The normalized spacial score (nSPS) is 26.9. The molecule has 2 aliphatic rings. The molecule has 2 heterocycles. The molecule has 16 heavy (non-hydrogen) atoms. The molecule has 4 N–H and O–H groups in total. The summed E-state index contributed by atoms with van der Waals surface area (Å²) in [6.45, 7) is 5.98.